The lowest BCUT2D eigenvalue weighted by molar-refractivity contribution is -0.145. The number of amides is 2. The van der Waals surface area contributed by atoms with Crippen molar-refractivity contribution in [3.63, 3.8) is 0 Å². The molecule has 1 aromatic rings. The van der Waals surface area contributed by atoms with E-state index < -0.39 is 36.2 Å². The quantitative estimate of drug-likeness (QED) is 0.820. The van der Waals surface area contributed by atoms with E-state index in [0.29, 0.717) is 4.57 Å². The summed E-state index contributed by atoms with van der Waals surface area (Å²) in [5.41, 5.74) is -1.26. The molecule has 1 rings (SSSR count). The number of carbonyl (C=O) groups is 2. The third-order valence-electron chi connectivity index (χ3n) is 3.11. The minimum Gasteiger partial charge on any atom is -0.469 e. The van der Waals surface area contributed by atoms with E-state index in [1.807, 2.05) is 0 Å². The number of anilines is 1. The summed E-state index contributed by atoms with van der Waals surface area (Å²) < 4.78 is 42.2. The molecule has 0 aliphatic heterocycles. The Kier molecular flexibility index (Phi) is 6.38. The van der Waals surface area contributed by atoms with Gasteiger partial charge in [0.15, 0.2) is 0 Å². The van der Waals surface area contributed by atoms with Gasteiger partial charge in [0.1, 0.15) is 12.2 Å². The Balaban J connectivity index is 2.82. The predicted molar refractivity (Wildman–Crippen MR) is 79.6 cm³/mol. The first-order valence-corrected chi connectivity index (χ1v) is 6.91. The van der Waals surface area contributed by atoms with Gasteiger partial charge in [-0.2, -0.15) is 13.2 Å². The molecule has 0 radical (unpaired) electrons. The number of pyridine rings is 1. The van der Waals surface area contributed by atoms with Crippen LogP contribution in [0.3, 0.4) is 0 Å². The van der Waals surface area contributed by atoms with Gasteiger partial charge in [0.2, 0.25) is 0 Å². The molecule has 1 N–H and O–H groups in total. The van der Waals surface area contributed by atoms with E-state index >= 15 is 0 Å². The van der Waals surface area contributed by atoms with Crippen molar-refractivity contribution < 1.29 is 27.5 Å². The maximum Gasteiger partial charge on any atom is 0.406 e. The predicted octanol–water partition coefficient (Wildman–Crippen LogP) is 1.68. The van der Waals surface area contributed by atoms with Crippen molar-refractivity contribution in [1.82, 2.24) is 9.47 Å². The van der Waals surface area contributed by atoms with Crippen LogP contribution >= 0.6 is 0 Å². The summed E-state index contributed by atoms with van der Waals surface area (Å²) in [5, 5.41) is 2.23. The third-order valence-corrected chi connectivity index (χ3v) is 3.11. The van der Waals surface area contributed by atoms with Crippen LogP contribution in [0.4, 0.5) is 23.7 Å². The SMILES string of the molecule is COC(=O)[C@@H](C)CN(C)C(=O)Nc1cccn(CC(F)(F)F)c1=O. The summed E-state index contributed by atoms with van der Waals surface area (Å²) in [6.07, 6.45) is -3.58. The second-order valence-corrected chi connectivity index (χ2v) is 5.20. The second-order valence-electron chi connectivity index (χ2n) is 5.20. The maximum absolute atomic E-state index is 12.4. The van der Waals surface area contributed by atoms with Crippen LogP contribution in [0, 0.1) is 5.92 Å². The number of alkyl halides is 3. The summed E-state index contributed by atoms with van der Waals surface area (Å²) in [6, 6.07) is 1.69. The van der Waals surface area contributed by atoms with E-state index in [0.717, 1.165) is 11.1 Å². The molecule has 0 saturated carbocycles. The number of ether oxygens (including phenoxy) is 1. The number of nitrogens with zero attached hydrogens (tertiary/aromatic N) is 2. The fraction of sp³-hybridized carbons (Fsp3) is 0.500. The van der Waals surface area contributed by atoms with Crippen LogP contribution in [0.1, 0.15) is 6.92 Å². The minimum atomic E-state index is -4.56. The van der Waals surface area contributed by atoms with E-state index in [4.69, 9.17) is 0 Å². The molecule has 10 heteroatoms. The van der Waals surface area contributed by atoms with Crippen molar-refractivity contribution in [2.24, 2.45) is 5.92 Å². The van der Waals surface area contributed by atoms with Gasteiger partial charge < -0.3 is 19.5 Å². The highest BCUT2D eigenvalue weighted by Gasteiger charge is 2.28. The Morgan fingerprint density at radius 1 is 1.42 bits per heavy atom. The van der Waals surface area contributed by atoms with E-state index in [2.05, 4.69) is 10.1 Å². The van der Waals surface area contributed by atoms with E-state index in [-0.39, 0.29) is 12.2 Å². The lowest BCUT2D eigenvalue weighted by Gasteiger charge is -2.20. The topological polar surface area (TPSA) is 80.6 Å². The number of rotatable bonds is 5. The fourth-order valence-corrected chi connectivity index (χ4v) is 1.93. The average Bonchev–Trinajstić information content (AvgIpc) is 2.48. The molecule has 0 fully saturated rings. The molecule has 1 heterocycles. The Bertz CT molecular complexity index is 657. The zero-order valence-corrected chi connectivity index (χ0v) is 13.4. The number of aromatic nitrogens is 1. The largest absolute Gasteiger partial charge is 0.469 e. The number of nitrogens with one attached hydrogen (secondary N) is 1. The number of hydrogen-bond donors (Lipinski definition) is 1. The zero-order chi connectivity index (χ0) is 18.5. The van der Waals surface area contributed by atoms with Gasteiger partial charge in [-0.15, -0.1) is 0 Å². The van der Waals surface area contributed by atoms with Crippen LogP contribution in [0.2, 0.25) is 0 Å². The highest BCUT2D eigenvalue weighted by Crippen LogP contribution is 2.16. The van der Waals surface area contributed by atoms with Crippen molar-refractivity contribution in [1.29, 1.82) is 0 Å². The molecular weight excluding hydrogens is 331 g/mol. The molecular formula is C14H18F3N3O4. The first-order chi connectivity index (χ1) is 11.0. The molecule has 1 aromatic heterocycles. The summed E-state index contributed by atoms with van der Waals surface area (Å²) in [6.45, 7) is 0.112. The molecule has 1 atom stereocenters. The van der Waals surface area contributed by atoms with Crippen LogP contribution < -0.4 is 10.9 Å². The Morgan fingerprint density at radius 2 is 2.04 bits per heavy atom. The number of carbonyl (C=O) groups excluding carboxylic acids is 2. The summed E-state index contributed by atoms with van der Waals surface area (Å²) in [7, 11) is 2.60. The first-order valence-electron chi connectivity index (χ1n) is 6.91. The van der Waals surface area contributed by atoms with E-state index in [9.17, 15) is 27.6 Å². The molecule has 2 amide bonds. The van der Waals surface area contributed by atoms with Gasteiger partial charge in [-0.3, -0.25) is 9.59 Å². The highest BCUT2D eigenvalue weighted by molar-refractivity contribution is 5.89. The Hall–Kier alpha value is -2.52. The standard InChI is InChI=1S/C14H18F3N3O4/c1-9(12(22)24-3)7-19(2)13(23)18-10-5-4-6-20(11(10)21)8-14(15,16)17/h4-6,9H,7-8H2,1-3H3,(H,18,23)/t9-/m0/s1. The highest BCUT2D eigenvalue weighted by atomic mass is 19.4. The lowest BCUT2D eigenvalue weighted by atomic mass is 10.2. The normalized spacial score (nSPS) is 12.4. The first kappa shape index (κ1) is 19.5. The molecule has 0 aliphatic rings. The van der Waals surface area contributed by atoms with Crippen molar-refractivity contribution in [2.45, 2.75) is 19.6 Å². The molecule has 0 bridgehead atoms. The Labute approximate surface area is 136 Å². The monoisotopic (exact) mass is 349 g/mol. The van der Waals surface area contributed by atoms with Crippen molar-refractivity contribution in [3.05, 3.63) is 28.7 Å². The molecule has 0 aromatic carbocycles. The Morgan fingerprint density at radius 3 is 2.58 bits per heavy atom. The van der Waals surface area contributed by atoms with Crippen LogP contribution in [0.5, 0.6) is 0 Å². The second kappa shape index (κ2) is 7.84. The van der Waals surface area contributed by atoms with Gasteiger partial charge in [-0.05, 0) is 12.1 Å². The molecule has 0 unspecified atom stereocenters. The van der Waals surface area contributed by atoms with Gasteiger partial charge in [0.25, 0.3) is 5.56 Å². The molecule has 0 saturated heterocycles. The smallest absolute Gasteiger partial charge is 0.406 e. The summed E-state index contributed by atoms with van der Waals surface area (Å²) in [5.74, 6) is -1.11. The van der Waals surface area contributed by atoms with Crippen molar-refractivity contribution in [2.75, 3.05) is 26.0 Å². The van der Waals surface area contributed by atoms with Crippen molar-refractivity contribution >= 4 is 17.7 Å². The molecule has 134 valence electrons. The summed E-state index contributed by atoms with van der Waals surface area (Å²) >= 11 is 0. The van der Waals surface area contributed by atoms with Crippen LogP contribution in [-0.2, 0) is 16.1 Å². The van der Waals surface area contributed by atoms with Gasteiger partial charge in [-0.1, -0.05) is 6.92 Å². The molecule has 0 aliphatic carbocycles. The zero-order valence-electron chi connectivity index (χ0n) is 13.4. The minimum absolute atomic E-state index is 0.0160. The van der Waals surface area contributed by atoms with Gasteiger partial charge >= 0.3 is 18.2 Å². The number of urea groups is 1. The van der Waals surface area contributed by atoms with E-state index in [1.165, 1.54) is 26.3 Å². The number of esters is 1. The third kappa shape index (κ3) is 5.60. The lowest BCUT2D eigenvalue weighted by Crippen LogP contribution is -2.38. The average molecular weight is 349 g/mol. The number of halogens is 3. The molecule has 24 heavy (non-hydrogen) atoms. The van der Waals surface area contributed by atoms with E-state index in [1.54, 1.807) is 6.92 Å². The fourth-order valence-electron chi connectivity index (χ4n) is 1.93. The van der Waals surface area contributed by atoms with Crippen LogP contribution in [-0.4, -0.2) is 48.3 Å². The van der Waals surface area contributed by atoms with Gasteiger partial charge in [0, 0.05) is 19.8 Å². The van der Waals surface area contributed by atoms with Crippen LogP contribution in [0.15, 0.2) is 23.1 Å². The van der Waals surface area contributed by atoms with Gasteiger partial charge in [0.05, 0.1) is 13.0 Å². The van der Waals surface area contributed by atoms with Crippen LogP contribution in [0.25, 0.3) is 0 Å². The number of hydrogen-bond acceptors (Lipinski definition) is 4. The molecule has 7 nitrogen and oxygen atoms in total. The van der Waals surface area contributed by atoms with Gasteiger partial charge in [-0.25, -0.2) is 4.79 Å². The summed E-state index contributed by atoms with van der Waals surface area (Å²) in [4.78, 5) is 36.4. The van der Waals surface area contributed by atoms with Crippen molar-refractivity contribution in [3.8, 4) is 0 Å². The maximum atomic E-state index is 12.4. The number of methoxy groups -OCH3 is 1. The molecule has 0 spiro atoms.